The second kappa shape index (κ2) is 7.34. The highest BCUT2D eigenvalue weighted by molar-refractivity contribution is 6.30. The Kier molecular flexibility index (Phi) is 6.44. The fraction of sp³-hybridized carbons (Fsp3) is 0.571. The van der Waals surface area contributed by atoms with Gasteiger partial charge in [-0.25, -0.2) is 0 Å². The Balaban J connectivity index is 0.00000162. The van der Waals surface area contributed by atoms with E-state index >= 15 is 0 Å². The number of hydrogen-bond acceptors (Lipinski definition) is 2. The van der Waals surface area contributed by atoms with Crippen LogP contribution in [0.5, 0.6) is 0 Å². The molecule has 2 nitrogen and oxygen atoms in total. The number of likely N-dealkylation sites (tertiary alicyclic amines) is 1. The third kappa shape index (κ3) is 3.86. The Morgan fingerprint density at radius 1 is 1.33 bits per heavy atom. The van der Waals surface area contributed by atoms with Crippen LogP contribution in [0.25, 0.3) is 0 Å². The molecule has 0 saturated carbocycles. The van der Waals surface area contributed by atoms with Crippen molar-refractivity contribution < 1.29 is 0 Å². The number of nitrogens with zero attached hydrogens (tertiary/aromatic N) is 1. The lowest BCUT2D eigenvalue weighted by Gasteiger charge is -2.36. The van der Waals surface area contributed by atoms with Crippen LogP contribution < -0.4 is 5.32 Å². The molecule has 0 aromatic heterocycles. The minimum Gasteiger partial charge on any atom is -0.317 e. The highest BCUT2D eigenvalue weighted by atomic mass is 35.5. The van der Waals surface area contributed by atoms with Crippen LogP contribution in [0.2, 0.25) is 5.02 Å². The van der Waals surface area contributed by atoms with E-state index in [1.54, 1.807) is 0 Å². The fourth-order valence-corrected chi connectivity index (χ4v) is 2.75. The van der Waals surface area contributed by atoms with Gasteiger partial charge < -0.3 is 5.32 Å². The highest BCUT2D eigenvalue weighted by Gasteiger charge is 2.22. The Bertz CT molecular complexity index is 363. The Morgan fingerprint density at radius 3 is 2.56 bits per heavy atom. The zero-order chi connectivity index (χ0) is 12.3. The highest BCUT2D eigenvalue weighted by Crippen LogP contribution is 2.25. The Hall–Kier alpha value is -0.280. The molecule has 1 aromatic rings. The molecule has 1 heterocycles. The van der Waals surface area contributed by atoms with Crippen LogP contribution in [-0.4, -0.2) is 31.1 Å². The second-order valence-electron chi connectivity index (χ2n) is 4.83. The first-order chi connectivity index (χ1) is 8.20. The molecule has 4 heteroatoms. The van der Waals surface area contributed by atoms with Gasteiger partial charge >= 0.3 is 0 Å². The van der Waals surface area contributed by atoms with Gasteiger partial charge in [-0.15, -0.1) is 12.4 Å². The van der Waals surface area contributed by atoms with Gasteiger partial charge in [-0.05, 0) is 44.5 Å². The smallest absolute Gasteiger partial charge is 0.0409 e. The molecule has 1 atom stereocenters. The Labute approximate surface area is 121 Å². The molecular formula is C14H22Cl2N2. The molecule has 1 unspecified atom stereocenters. The molecule has 102 valence electrons. The predicted octanol–water partition coefficient (Wildman–Crippen LogP) is 3.51. The standard InChI is InChI=1S/C14H21ClN2.ClH/c1-11(12-4-3-5-13(15)10-12)17-8-6-14(16-2)7-9-17;/h3-5,10-11,14,16H,6-9H2,1-2H3;1H. The lowest BCUT2D eigenvalue weighted by Crippen LogP contribution is -2.42. The van der Waals surface area contributed by atoms with Gasteiger partial charge in [-0.3, -0.25) is 4.90 Å². The minimum atomic E-state index is 0. The summed E-state index contributed by atoms with van der Waals surface area (Å²) in [6.07, 6.45) is 2.48. The van der Waals surface area contributed by atoms with Crippen molar-refractivity contribution in [3.63, 3.8) is 0 Å². The molecule has 1 saturated heterocycles. The van der Waals surface area contributed by atoms with E-state index < -0.39 is 0 Å². The van der Waals surface area contributed by atoms with E-state index in [2.05, 4.69) is 36.3 Å². The molecular weight excluding hydrogens is 267 g/mol. The van der Waals surface area contributed by atoms with Crippen LogP contribution in [-0.2, 0) is 0 Å². The normalized spacial score (nSPS) is 19.3. The Morgan fingerprint density at radius 2 is 2.00 bits per heavy atom. The lowest BCUT2D eigenvalue weighted by molar-refractivity contribution is 0.155. The molecule has 18 heavy (non-hydrogen) atoms. The fourth-order valence-electron chi connectivity index (χ4n) is 2.55. The van der Waals surface area contributed by atoms with Crippen LogP contribution in [0.4, 0.5) is 0 Å². The van der Waals surface area contributed by atoms with Crippen LogP contribution in [0, 0.1) is 0 Å². The summed E-state index contributed by atoms with van der Waals surface area (Å²) in [6, 6.07) is 9.38. The summed E-state index contributed by atoms with van der Waals surface area (Å²) < 4.78 is 0. The van der Waals surface area contributed by atoms with E-state index in [1.807, 2.05) is 12.1 Å². The van der Waals surface area contributed by atoms with Crippen molar-refractivity contribution in [1.29, 1.82) is 0 Å². The van der Waals surface area contributed by atoms with Gasteiger partial charge in [0.25, 0.3) is 0 Å². The zero-order valence-electron chi connectivity index (χ0n) is 11.0. The topological polar surface area (TPSA) is 15.3 Å². The summed E-state index contributed by atoms with van der Waals surface area (Å²) in [4.78, 5) is 2.54. The molecule has 1 aromatic carbocycles. The van der Waals surface area contributed by atoms with Crippen LogP contribution >= 0.6 is 24.0 Å². The number of nitrogens with one attached hydrogen (secondary N) is 1. The van der Waals surface area contributed by atoms with Crippen molar-refractivity contribution in [3.8, 4) is 0 Å². The summed E-state index contributed by atoms with van der Waals surface area (Å²) in [6.45, 7) is 4.60. The monoisotopic (exact) mass is 288 g/mol. The molecule has 0 aliphatic carbocycles. The third-order valence-corrected chi connectivity index (χ3v) is 4.05. The van der Waals surface area contributed by atoms with E-state index in [9.17, 15) is 0 Å². The van der Waals surface area contributed by atoms with Crippen molar-refractivity contribution in [2.45, 2.75) is 31.8 Å². The largest absolute Gasteiger partial charge is 0.317 e. The van der Waals surface area contributed by atoms with Crippen molar-refractivity contribution in [1.82, 2.24) is 10.2 Å². The molecule has 0 radical (unpaired) electrons. The van der Waals surface area contributed by atoms with Gasteiger partial charge in [-0.2, -0.15) is 0 Å². The van der Waals surface area contributed by atoms with Gasteiger partial charge in [-0.1, -0.05) is 23.7 Å². The molecule has 0 spiro atoms. The summed E-state index contributed by atoms with van der Waals surface area (Å²) in [5, 5.41) is 4.20. The minimum absolute atomic E-state index is 0. The molecule has 0 amide bonds. The zero-order valence-corrected chi connectivity index (χ0v) is 12.6. The summed E-state index contributed by atoms with van der Waals surface area (Å²) in [5.74, 6) is 0. The molecule has 1 aliphatic rings. The van der Waals surface area contributed by atoms with E-state index in [0.29, 0.717) is 12.1 Å². The van der Waals surface area contributed by atoms with Crippen LogP contribution in [0.15, 0.2) is 24.3 Å². The molecule has 1 N–H and O–H groups in total. The predicted molar refractivity (Wildman–Crippen MR) is 80.8 cm³/mol. The number of piperidine rings is 1. The average molecular weight is 289 g/mol. The maximum atomic E-state index is 6.04. The number of benzene rings is 1. The summed E-state index contributed by atoms with van der Waals surface area (Å²) in [7, 11) is 2.06. The summed E-state index contributed by atoms with van der Waals surface area (Å²) >= 11 is 6.04. The quantitative estimate of drug-likeness (QED) is 0.916. The van der Waals surface area contributed by atoms with Gasteiger partial charge in [0.2, 0.25) is 0 Å². The first-order valence-corrected chi connectivity index (χ1v) is 6.75. The molecule has 1 aliphatic heterocycles. The lowest BCUT2D eigenvalue weighted by atomic mass is 10.0. The van der Waals surface area contributed by atoms with Crippen molar-refractivity contribution in [3.05, 3.63) is 34.9 Å². The van der Waals surface area contributed by atoms with E-state index in [1.165, 1.54) is 31.5 Å². The summed E-state index contributed by atoms with van der Waals surface area (Å²) in [5.41, 5.74) is 1.32. The van der Waals surface area contributed by atoms with Crippen molar-refractivity contribution in [2.24, 2.45) is 0 Å². The van der Waals surface area contributed by atoms with Crippen molar-refractivity contribution >= 4 is 24.0 Å². The first-order valence-electron chi connectivity index (χ1n) is 6.37. The van der Waals surface area contributed by atoms with E-state index in [4.69, 9.17) is 11.6 Å². The van der Waals surface area contributed by atoms with Gasteiger partial charge in [0.1, 0.15) is 0 Å². The van der Waals surface area contributed by atoms with E-state index in [0.717, 1.165) is 5.02 Å². The van der Waals surface area contributed by atoms with Crippen LogP contribution in [0.1, 0.15) is 31.4 Å². The number of hydrogen-bond donors (Lipinski definition) is 1. The third-order valence-electron chi connectivity index (χ3n) is 3.82. The molecule has 2 rings (SSSR count). The number of rotatable bonds is 3. The SMILES string of the molecule is CNC1CCN(C(C)c2cccc(Cl)c2)CC1.Cl. The maximum absolute atomic E-state index is 6.04. The van der Waals surface area contributed by atoms with Gasteiger partial charge in [0.15, 0.2) is 0 Å². The van der Waals surface area contributed by atoms with Gasteiger partial charge in [0.05, 0.1) is 0 Å². The maximum Gasteiger partial charge on any atom is 0.0409 e. The van der Waals surface area contributed by atoms with Crippen LogP contribution in [0.3, 0.4) is 0 Å². The number of halogens is 2. The average Bonchev–Trinajstić information content (AvgIpc) is 2.38. The molecule has 0 bridgehead atoms. The first kappa shape index (κ1) is 15.8. The van der Waals surface area contributed by atoms with Crippen molar-refractivity contribution in [2.75, 3.05) is 20.1 Å². The van der Waals surface area contributed by atoms with E-state index in [-0.39, 0.29) is 12.4 Å². The van der Waals surface area contributed by atoms with Gasteiger partial charge in [0, 0.05) is 30.2 Å². The molecule has 1 fully saturated rings. The second-order valence-corrected chi connectivity index (χ2v) is 5.27.